The van der Waals surface area contributed by atoms with E-state index in [1.165, 1.54) is 10.6 Å². The van der Waals surface area contributed by atoms with Gasteiger partial charge in [-0.25, -0.2) is 4.39 Å². The van der Waals surface area contributed by atoms with Crippen LogP contribution in [0.1, 0.15) is 10.4 Å². The first-order valence-electron chi connectivity index (χ1n) is 12.9. The number of nitrogens with one attached hydrogen (secondary N) is 2. The number of hydrogen-bond donors (Lipinski definition) is 3. The van der Waals surface area contributed by atoms with Gasteiger partial charge in [0.05, 0.1) is 12.0 Å². The molecule has 1 amide bonds. The van der Waals surface area contributed by atoms with Gasteiger partial charge < -0.3 is 30.6 Å². The van der Waals surface area contributed by atoms with Crippen molar-refractivity contribution in [2.45, 2.75) is 0 Å². The summed E-state index contributed by atoms with van der Waals surface area (Å²) in [7, 11) is 3.74. The van der Waals surface area contributed by atoms with E-state index in [4.69, 9.17) is 10.2 Å². The second kappa shape index (κ2) is 11.7. The van der Waals surface area contributed by atoms with E-state index in [9.17, 15) is 9.18 Å². The zero-order valence-corrected chi connectivity index (χ0v) is 22.1. The zero-order valence-electron chi connectivity index (χ0n) is 22.1. The largest absolute Gasteiger partial charge is 0.463 e. The smallest absolute Gasteiger partial charge is 0.251 e. The number of piperazine rings is 1. The first kappa shape index (κ1) is 26.4. The van der Waals surface area contributed by atoms with Crippen LogP contribution in [0.5, 0.6) is 0 Å². The summed E-state index contributed by atoms with van der Waals surface area (Å²) in [6.45, 7) is 5.59. The molecule has 39 heavy (non-hydrogen) atoms. The van der Waals surface area contributed by atoms with Crippen molar-refractivity contribution < 1.29 is 13.6 Å². The van der Waals surface area contributed by atoms with E-state index in [1.54, 1.807) is 24.5 Å². The van der Waals surface area contributed by atoms with Gasteiger partial charge in [0.15, 0.2) is 11.4 Å². The second-order valence-corrected chi connectivity index (χ2v) is 9.43. The maximum Gasteiger partial charge on any atom is 0.251 e. The number of amides is 1. The molecule has 4 N–H and O–H groups in total. The number of aromatic nitrogens is 4. The van der Waals surface area contributed by atoms with Gasteiger partial charge in [-0.05, 0) is 37.4 Å². The Bertz CT molecular complexity index is 1420. The van der Waals surface area contributed by atoms with Gasteiger partial charge >= 0.3 is 0 Å². The number of rotatable bonds is 10. The topological polar surface area (TPSA) is 133 Å². The van der Waals surface area contributed by atoms with Gasteiger partial charge in [0, 0.05) is 71.0 Å². The van der Waals surface area contributed by atoms with Crippen LogP contribution in [0.2, 0.25) is 0 Å². The van der Waals surface area contributed by atoms with Crippen LogP contribution in [0.15, 0.2) is 47.1 Å². The number of carbonyl (C=O) groups excluding carboxylic acids is 1. The van der Waals surface area contributed by atoms with E-state index in [1.807, 2.05) is 36.0 Å². The summed E-state index contributed by atoms with van der Waals surface area (Å²) in [6, 6.07) is 10.1. The maximum absolute atomic E-state index is 14.9. The van der Waals surface area contributed by atoms with Crippen LogP contribution in [0.4, 0.5) is 22.0 Å². The molecule has 4 heterocycles. The Kier molecular flexibility index (Phi) is 7.89. The zero-order chi connectivity index (χ0) is 27.4. The first-order chi connectivity index (χ1) is 18.9. The highest BCUT2D eigenvalue weighted by Gasteiger charge is 2.21. The van der Waals surface area contributed by atoms with Crippen LogP contribution in [-0.2, 0) is 0 Å². The number of nitrogen functional groups attached to an aromatic ring is 1. The Morgan fingerprint density at radius 1 is 1.15 bits per heavy atom. The number of anilines is 3. The Morgan fingerprint density at radius 3 is 2.69 bits per heavy atom. The number of nitrogens with zero attached hydrogens (tertiary/aromatic N) is 7. The quantitative estimate of drug-likeness (QED) is 0.255. The van der Waals surface area contributed by atoms with Crippen LogP contribution in [0.3, 0.4) is 0 Å². The molecule has 3 aromatic heterocycles. The van der Waals surface area contributed by atoms with Crippen molar-refractivity contribution in [3.05, 3.63) is 54.0 Å². The molecular weight excluding hydrogens is 503 g/mol. The molecule has 1 aliphatic heterocycles. The van der Waals surface area contributed by atoms with Crippen molar-refractivity contribution in [2.24, 2.45) is 0 Å². The van der Waals surface area contributed by atoms with Gasteiger partial charge in [-0.3, -0.25) is 9.69 Å². The number of fused-ring (bicyclic) bond motifs is 1. The van der Waals surface area contributed by atoms with E-state index in [0.717, 1.165) is 19.6 Å². The van der Waals surface area contributed by atoms with Crippen molar-refractivity contribution in [2.75, 3.05) is 82.0 Å². The highest BCUT2D eigenvalue weighted by molar-refractivity contribution is 5.94. The predicted octanol–water partition coefficient (Wildman–Crippen LogP) is 1.31. The highest BCUT2D eigenvalue weighted by atomic mass is 19.1. The Labute approximate surface area is 225 Å². The Morgan fingerprint density at radius 2 is 1.97 bits per heavy atom. The number of furan rings is 1. The lowest BCUT2D eigenvalue weighted by Gasteiger charge is -2.36. The highest BCUT2D eigenvalue weighted by Crippen LogP contribution is 2.23. The predicted molar refractivity (Wildman–Crippen MR) is 147 cm³/mol. The Balaban J connectivity index is 1.14. The molecule has 1 aliphatic rings. The lowest BCUT2D eigenvalue weighted by molar-refractivity contribution is 0.0953. The summed E-state index contributed by atoms with van der Waals surface area (Å²) in [4.78, 5) is 27.6. The molecule has 13 heteroatoms. The fourth-order valence-electron chi connectivity index (χ4n) is 4.52. The van der Waals surface area contributed by atoms with Gasteiger partial charge in [0.2, 0.25) is 11.9 Å². The Hall–Kier alpha value is -4.23. The molecule has 0 unspecified atom stereocenters. The third-order valence-corrected chi connectivity index (χ3v) is 6.79. The van der Waals surface area contributed by atoms with Crippen LogP contribution in [0.25, 0.3) is 17.1 Å². The molecule has 1 saturated heterocycles. The molecule has 5 rings (SSSR count). The van der Waals surface area contributed by atoms with E-state index in [-0.39, 0.29) is 17.7 Å². The molecule has 1 aromatic carbocycles. The third kappa shape index (κ3) is 5.94. The van der Waals surface area contributed by atoms with E-state index >= 15 is 0 Å². The average Bonchev–Trinajstić information content (AvgIpc) is 3.63. The monoisotopic (exact) mass is 536 g/mol. The minimum Gasteiger partial charge on any atom is -0.463 e. The van der Waals surface area contributed by atoms with Crippen LogP contribution in [0, 0.1) is 5.82 Å². The van der Waals surface area contributed by atoms with Crippen molar-refractivity contribution in [3.63, 3.8) is 0 Å². The molecule has 0 bridgehead atoms. The molecule has 4 aromatic rings. The number of likely N-dealkylation sites (N-methyl/N-ethyl adjacent to an activating group) is 2. The third-order valence-electron chi connectivity index (χ3n) is 6.79. The van der Waals surface area contributed by atoms with Crippen molar-refractivity contribution in [3.8, 4) is 11.5 Å². The number of halogens is 1. The molecule has 0 atom stereocenters. The number of carbonyl (C=O) groups is 1. The average molecular weight is 537 g/mol. The van der Waals surface area contributed by atoms with Crippen LogP contribution in [-0.4, -0.2) is 96.8 Å². The number of nitrogens with two attached hydrogens (primary N) is 1. The molecule has 12 nitrogen and oxygen atoms in total. The maximum atomic E-state index is 14.9. The first-order valence-corrected chi connectivity index (χ1v) is 12.9. The normalized spacial score (nSPS) is 14.2. The second-order valence-electron chi connectivity index (χ2n) is 9.43. The van der Waals surface area contributed by atoms with E-state index < -0.39 is 0 Å². The number of benzene rings is 1. The van der Waals surface area contributed by atoms with Crippen molar-refractivity contribution in [1.82, 2.24) is 35.1 Å². The molecule has 0 spiro atoms. The molecular formula is C26H33FN10O2. The molecule has 0 radical (unpaired) electrons. The minimum absolute atomic E-state index is 0.247. The van der Waals surface area contributed by atoms with Crippen molar-refractivity contribution >= 4 is 29.1 Å². The lowest BCUT2D eigenvalue weighted by atomic mass is 10.1. The van der Waals surface area contributed by atoms with Crippen LogP contribution < -0.4 is 26.2 Å². The molecule has 0 aliphatic carbocycles. The van der Waals surface area contributed by atoms with Gasteiger partial charge in [-0.2, -0.15) is 19.6 Å². The summed E-state index contributed by atoms with van der Waals surface area (Å²) < 4.78 is 21.8. The van der Waals surface area contributed by atoms with Gasteiger partial charge in [0.1, 0.15) is 11.5 Å². The van der Waals surface area contributed by atoms with Gasteiger partial charge in [-0.1, -0.05) is 0 Å². The molecule has 206 valence electrons. The SMILES string of the molecule is CNCCNC(=O)c1ccc(N2CCN(CCN(C)c3nc(N)n4nc(-c5ccco5)cc4n3)CC2)c(F)c1. The molecule has 1 fully saturated rings. The minimum atomic E-state index is -0.385. The summed E-state index contributed by atoms with van der Waals surface area (Å²) in [5.41, 5.74) is 8.23. The van der Waals surface area contributed by atoms with Gasteiger partial charge in [0.25, 0.3) is 5.91 Å². The standard InChI is InChI=1S/C26H33FN10O2/c1-29-7-8-30-24(38)18-5-6-21(19(27)16-18)36-13-11-35(12-14-36)10-9-34(2)26-31-23-17-20(22-4-3-15-39-22)33-37(23)25(28)32-26/h3-6,15-17,29H,7-14H2,1-2H3,(H,30,38)(H2,28,31,32). The molecule has 0 saturated carbocycles. The van der Waals surface area contributed by atoms with Crippen LogP contribution >= 0.6 is 0 Å². The van der Waals surface area contributed by atoms with E-state index in [2.05, 4.69) is 30.6 Å². The number of hydrogen-bond acceptors (Lipinski definition) is 10. The summed E-state index contributed by atoms with van der Waals surface area (Å²) >= 11 is 0. The fourth-order valence-corrected chi connectivity index (χ4v) is 4.52. The van der Waals surface area contributed by atoms with Gasteiger partial charge in [-0.15, -0.1) is 0 Å². The summed E-state index contributed by atoms with van der Waals surface area (Å²) in [5, 5.41) is 10.2. The lowest BCUT2D eigenvalue weighted by Crippen LogP contribution is -2.48. The van der Waals surface area contributed by atoms with Crippen molar-refractivity contribution in [1.29, 1.82) is 0 Å². The summed E-state index contributed by atoms with van der Waals surface area (Å²) in [5.74, 6) is 0.735. The fraction of sp³-hybridized carbons (Fsp3) is 0.385. The summed E-state index contributed by atoms with van der Waals surface area (Å²) in [6.07, 6.45) is 1.59. The van der Waals surface area contributed by atoms with E-state index in [0.29, 0.717) is 67.0 Å².